The smallest absolute Gasteiger partial charge is 0.263 e. The number of carbonyl (C=O) groups is 1. The largest absolute Gasteiger partial charge is 0.497 e. The van der Waals surface area contributed by atoms with Crippen LogP contribution in [-0.4, -0.2) is 24.0 Å². The fourth-order valence-corrected chi connectivity index (χ4v) is 4.72. The summed E-state index contributed by atoms with van der Waals surface area (Å²) in [5, 5.41) is 5.01. The van der Waals surface area contributed by atoms with E-state index in [0.29, 0.717) is 16.5 Å². The molecule has 3 aromatic rings. The number of aromatic nitrogens is 1. The van der Waals surface area contributed by atoms with E-state index in [1.54, 1.807) is 7.11 Å². The molecule has 0 spiro atoms. The highest BCUT2D eigenvalue weighted by Gasteiger charge is 2.25. The second kappa shape index (κ2) is 6.76. The monoisotopic (exact) mass is 369 g/mol. The Bertz CT molecular complexity index is 982. The number of fused-ring (bicyclic) bond motifs is 2. The molecule has 1 aliphatic rings. The average molecular weight is 369 g/mol. The van der Waals surface area contributed by atoms with Crippen molar-refractivity contribution in [1.82, 2.24) is 10.3 Å². The number of amides is 1. The minimum absolute atomic E-state index is 0.0779. The Labute approximate surface area is 156 Å². The van der Waals surface area contributed by atoms with Gasteiger partial charge in [0.2, 0.25) is 0 Å². The van der Waals surface area contributed by atoms with E-state index < -0.39 is 0 Å². The summed E-state index contributed by atoms with van der Waals surface area (Å²) in [5.74, 6) is 1.19. The lowest BCUT2D eigenvalue weighted by molar-refractivity contribution is 0.0915. The lowest BCUT2D eigenvalue weighted by atomic mass is 9.86. The zero-order valence-corrected chi connectivity index (χ0v) is 15.9. The van der Waals surface area contributed by atoms with E-state index in [2.05, 4.69) is 12.2 Å². The Kier molecular flexibility index (Phi) is 4.44. The van der Waals surface area contributed by atoms with Gasteiger partial charge in [0.1, 0.15) is 15.5 Å². The van der Waals surface area contributed by atoms with Crippen LogP contribution in [0.5, 0.6) is 5.75 Å². The van der Waals surface area contributed by atoms with Crippen LogP contribution in [0.4, 0.5) is 5.69 Å². The predicted molar refractivity (Wildman–Crippen MR) is 107 cm³/mol. The number of nitrogens with zero attached hydrogens (tertiary/aromatic N) is 1. The van der Waals surface area contributed by atoms with Crippen LogP contribution < -0.4 is 15.8 Å². The Morgan fingerprint density at radius 2 is 2.12 bits per heavy atom. The van der Waals surface area contributed by atoms with Crippen molar-refractivity contribution in [2.45, 2.75) is 38.6 Å². The molecule has 26 heavy (non-hydrogen) atoms. The average Bonchev–Trinajstić information content (AvgIpc) is 2.97. The van der Waals surface area contributed by atoms with Gasteiger partial charge in [-0.1, -0.05) is 19.8 Å². The fraction of sp³-hybridized carbons (Fsp3) is 0.400. The molecule has 0 aliphatic heterocycles. The van der Waals surface area contributed by atoms with Crippen molar-refractivity contribution in [2.75, 3.05) is 12.8 Å². The summed E-state index contributed by atoms with van der Waals surface area (Å²) in [7, 11) is 1.64. The molecular formula is C20H23N3O2S. The number of ether oxygens (including phenoxy) is 1. The van der Waals surface area contributed by atoms with E-state index in [0.717, 1.165) is 33.3 Å². The lowest BCUT2D eigenvalue weighted by Gasteiger charge is -2.29. The number of nitrogens with two attached hydrogens (primary N) is 1. The van der Waals surface area contributed by atoms with Gasteiger partial charge in [-0.05, 0) is 37.0 Å². The first-order valence-electron chi connectivity index (χ1n) is 9.04. The molecule has 4 rings (SSSR count). The van der Waals surface area contributed by atoms with Crippen LogP contribution >= 0.6 is 11.3 Å². The molecule has 2 atom stereocenters. The van der Waals surface area contributed by atoms with Crippen LogP contribution in [0.15, 0.2) is 24.3 Å². The second-order valence-corrected chi connectivity index (χ2v) is 8.09. The number of thiophene rings is 1. The number of rotatable bonds is 3. The maximum absolute atomic E-state index is 12.8. The maximum Gasteiger partial charge on any atom is 0.263 e. The van der Waals surface area contributed by atoms with Crippen molar-refractivity contribution in [3.8, 4) is 5.75 Å². The standard InChI is InChI=1S/C20H23N3O2S/c1-11-5-3-4-6-15(11)22-19(24)18-17(21)14-9-12-7-8-13(25-2)10-16(12)23-20(14)26-18/h7-11,15H,3-6,21H2,1-2H3,(H,22,24)/t11-,15-/m1/s1. The zero-order valence-electron chi connectivity index (χ0n) is 15.0. The number of nitrogen functional groups attached to an aromatic ring is 1. The van der Waals surface area contributed by atoms with Gasteiger partial charge < -0.3 is 15.8 Å². The topological polar surface area (TPSA) is 77.2 Å². The first-order chi connectivity index (χ1) is 12.6. The Hall–Kier alpha value is -2.34. The first-order valence-corrected chi connectivity index (χ1v) is 9.86. The van der Waals surface area contributed by atoms with Crippen molar-refractivity contribution in [3.05, 3.63) is 29.1 Å². The number of carbonyl (C=O) groups excluding carboxylic acids is 1. The predicted octanol–water partition coefficient (Wildman–Crippen LogP) is 4.35. The molecule has 5 nitrogen and oxygen atoms in total. The van der Waals surface area contributed by atoms with E-state index in [1.807, 2.05) is 24.3 Å². The van der Waals surface area contributed by atoms with Gasteiger partial charge in [0.25, 0.3) is 5.91 Å². The van der Waals surface area contributed by atoms with Crippen LogP contribution in [0, 0.1) is 5.92 Å². The van der Waals surface area contributed by atoms with Gasteiger partial charge in [-0.3, -0.25) is 4.79 Å². The van der Waals surface area contributed by atoms with E-state index in [-0.39, 0.29) is 11.9 Å². The van der Waals surface area contributed by atoms with Crippen molar-refractivity contribution in [1.29, 1.82) is 0 Å². The molecule has 0 unspecified atom stereocenters. The zero-order chi connectivity index (χ0) is 18.3. The summed E-state index contributed by atoms with van der Waals surface area (Å²) in [6.07, 6.45) is 4.63. The molecule has 1 aromatic carbocycles. The molecule has 1 aliphatic carbocycles. The summed E-state index contributed by atoms with van der Waals surface area (Å²) in [6.45, 7) is 2.21. The summed E-state index contributed by atoms with van der Waals surface area (Å²) in [5.41, 5.74) is 7.67. The summed E-state index contributed by atoms with van der Waals surface area (Å²) >= 11 is 1.36. The van der Waals surface area contributed by atoms with Crippen LogP contribution in [0.25, 0.3) is 21.1 Å². The second-order valence-electron chi connectivity index (χ2n) is 7.09. The Morgan fingerprint density at radius 3 is 2.88 bits per heavy atom. The van der Waals surface area contributed by atoms with Gasteiger partial charge in [-0.25, -0.2) is 4.98 Å². The number of anilines is 1. The van der Waals surface area contributed by atoms with E-state index in [4.69, 9.17) is 15.5 Å². The molecule has 2 aromatic heterocycles. The third-order valence-electron chi connectivity index (χ3n) is 5.36. The number of benzene rings is 1. The van der Waals surface area contributed by atoms with Crippen LogP contribution in [0.2, 0.25) is 0 Å². The summed E-state index contributed by atoms with van der Waals surface area (Å²) < 4.78 is 5.27. The molecular weight excluding hydrogens is 346 g/mol. The number of pyridine rings is 1. The molecule has 0 saturated heterocycles. The van der Waals surface area contributed by atoms with Gasteiger partial charge in [0, 0.05) is 22.9 Å². The highest BCUT2D eigenvalue weighted by atomic mass is 32.1. The van der Waals surface area contributed by atoms with Crippen molar-refractivity contribution < 1.29 is 9.53 Å². The normalized spacial score (nSPS) is 20.4. The fourth-order valence-electron chi connectivity index (χ4n) is 3.73. The molecule has 3 N–H and O–H groups in total. The quantitative estimate of drug-likeness (QED) is 0.719. The first kappa shape index (κ1) is 17.1. The third-order valence-corrected chi connectivity index (χ3v) is 6.47. The molecule has 136 valence electrons. The van der Waals surface area contributed by atoms with Crippen molar-refractivity contribution in [3.63, 3.8) is 0 Å². The molecule has 1 amide bonds. The molecule has 0 radical (unpaired) electrons. The minimum atomic E-state index is -0.0779. The SMILES string of the molecule is COc1ccc2cc3c(N)c(C(=O)N[C@@H]4CCCC[C@H]4C)sc3nc2c1. The lowest BCUT2D eigenvalue weighted by Crippen LogP contribution is -2.40. The Balaban J connectivity index is 1.69. The van der Waals surface area contributed by atoms with Crippen molar-refractivity contribution >= 4 is 44.1 Å². The number of nitrogens with one attached hydrogen (secondary N) is 1. The molecule has 6 heteroatoms. The highest BCUT2D eigenvalue weighted by Crippen LogP contribution is 2.35. The van der Waals surface area contributed by atoms with Crippen molar-refractivity contribution in [2.24, 2.45) is 5.92 Å². The van der Waals surface area contributed by atoms with E-state index in [9.17, 15) is 4.79 Å². The molecule has 1 fully saturated rings. The molecule has 1 saturated carbocycles. The number of hydrogen-bond acceptors (Lipinski definition) is 5. The number of hydrogen-bond donors (Lipinski definition) is 2. The maximum atomic E-state index is 12.8. The van der Waals surface area contributed by atoms with Crippen LogP contribution in [0.1, 0.15) is 42.3 Å². The van der Waals surface area contributed by atoms with Crippen LogP contribution in [0.3, 0.4) is 0 Å². The third kappa shape index (κ3) is 2.98. The minimum Gasteiger partial charge on any atom is -0.497 e. The van der Waals surface area contributed by atoms with E-state index in [1.165, 1.54) is 30.6 Å². The number of methoxy groups -OCH3 is 1. The molecule has 0 bridgehead atoms. The molecule has 2 heterocycles. The summed E-state index contributed by atoms with van der Waals surface area (Å²) in [4.78, 5) is 18.8. The highest BCUT2D eigenvalue weighted by molar-refractivity contribution is 7.21. The van der Waals surface area contributed by atoms with Crippen LogP contribution in [-0.2, 0) is 0 Å². The van der Waals surface area contributed by atoms with Gasteiger partial charge in [0.15, 0.2) is 0 Å². The van der Waals surface area contributed by atoms with Gasteiger partial charge >= 0.3 is 0 Å². The summed E-state index contributed by atoms with van der Waals surface area (Å²) in [6, 6.07) is 7.99. The Morgan fingerprint density at radius 1 is 1.31 bits per heavy atom. The van der Waals surface area contributed by atoms with Gasteiger partial charge in [-0.2, -0.15) is 0 Å². The van der Waals surface area contributed by atoms with E-state index >= 15 is 0 Å². The van der Waals surface area contributed by atoms with Gasteiger partial charge in [-0.15, -0.1) is 11.3 Å². The van der Waals surface area contributed by atoms with Gasteiger partial charge in [0.05, 0.1) is 18.3 Å².